The van der Waals surface area contributed by atoms with Gasteiger partial charge in [0.2, 0.25) is 0 Å². The maximum atomic E-state index is 13.7. The highest BCUT2D eigenvalue weighted by molar-refractivity contribution is 6.34. The molecule has 0 amide bonds. The maximum absolute atomic E-state index is 13.7. The minimum Gasteiger partial charge on any atom is -0.356 e. The van der Waals surface area contributed by atoms with Gasteiger partial charge in [-0.05, 0) is 73.0 Å². The van der Waals surface area contributed by atoms with Gasteiger partial charge < -0.3 is 4.90 Å². The molecule has 0 N–H and O–H groups in total. The molecule has 42 heavy (non-hydrogen) atoms. The number of nitrogens with zero attached hydrogens (tertiary/aromatic N) is 5. The quantitative estimate of drug-likeness (QED) is 0.288. The smallest absolute Gasteiger partial charge is 0.261 e. The number of hydrogen-bond acceptors (Lipinski definition) is 6. The average molecular weight is 568 g/mol. The van der Waals surface area contributed by atoms with Gasteiger partial charge in [-0.25, -0.2) is 18.8 Å². The third kappa shape index (κ3) is 5.96. The van der Waals surface area contributed by atoms with E-state index in [4.69, 9.17) is 4.98 Å². The van der Waals surface area contributed by atoms with Crippen LogP contribution in [0.3, 0.4) is 0 Å². The minimum atomic E-state index is -2.63. The SMILES string of the molecule is C/C=C1/CCCN(c2ccc([C@@H](C)C(=O)C3=C=Nc4ccc(-c5cncc(CN6CCC(F)(F)C6)c5)cc43)cn2)CC1. The molecule has 8 heteroatoms. The van der Waals surface area contributed by atoms with Crippen LogP contribution in [0.5, 0.6) is 0 Å². The van der Waals surface area contributed by atoms with Gasteiger partial charge in [0.1, 0.15) is 5.82 Å². The average Bonchev–Trinajstić information content (AvgIpc) is 3.48. The lowest BCUT2D eigenvalue weighted by Crippen LogP contribution is -2.25. The number of aliphatic imine (C=N–C) groups is 1. The third-order valence-electron chi connectivity index (χ3n) is 8.61. The molecule has 0 radical (unpaired) electrons. The van der Waals surface area contributed by atoms with Crippen LogP contribution >= 0.6 is 0 Å². The fourth-order valence-electron chi connectivity index (χ4n) is 6.05. The van der Waals surface area contributed by atoms with E-state index >= 15 is 0 Å². The van der Waals surface area contributed by atoms with Crippen LogP contribution in [0.1, 0.15) is 62.1 Å². The van der Waals surface area contributed by atoms with Gasteiger partial charge in [0.25, 0.3) is 5.92 Å². The molecule has 3 aliphatic rings. The van der Waals surface area contributed by atoms with E-state index in [1.165, 1.54) is 5.57 Å². The van der Waals surface area contributed by atoms with Crippen LogP contribution in [-0.4, -0.2) is 58.6 Å². The highest BCUT2D eigenvalue weighted by atomic mass is 19.3. The van der Waals surface area contributed by atoms with Gasteiger partial charge in [-0.1, -0.05) is 30.7 Å². The van der Waals surface area contributed by atoms with E-state index in [0.29, 0.717) is 24.4 Å². The van der Waals surface area contributed by atoms with E-state index in [-0.39, 0.29) is 18.7 Å². The minimum absolute atomic E-state index is 0.0569. The van der Waals surface area contributed by atoms with Crippen molar-refractivity contribution < 1.29 is 13.6 Å². The number of Topliss-reactive ketones (excluding diaryl/α,β-unsaturated/α-hetero) is 1. The van der Waals surface area contributed by atoms with Gasteiger partial charge in [0.15, 0.2) is 5.78 Å². The fraction of sp³-hybridized carbons (Fsp3) is 0.382. The number of aromatic nitrogens is 2. The number of allylic oxidation sites excluding steroid dienone is 2. The van der Waals surface area contributed by atoms with E-state index in [0.717, 1.165) is 66.0 Å². The topological polar surface area (TPSA) is 61.7 Å². The molecule has 5 heterocycles. The highest BCUT2D eigenvalue weighted by Crippen LogP contribution is 2.37. The number of halogens is 2. The Labute approximate surface area is 245 Å². The number of fused-ring (bicyclic) bond motifs is 1. The first kappa shape index (κ1) is 28.1. The zero-order valence-electron chi connectivity index (χ0n) is 24.1. The van der Waals surface area contributed by atoms with Gasteiger partial charge in [0, 0.05) is 68.2 Å². The molecule has 0 unspecified atom stereocenters. The molecule has 0 aliphatic carbocycles. The Kier molecular flexibility index (Phi) is 7.84. The third-order valence-corrected chi connectivity index (χ3v) is 8.61. The first-order valence-electron chi connectivity index (χ1n) is 14.7. The molecular weight excluding hydrogens is 532 g/mol. The Hall–Kier alpha value is -4.00. The lowest BCUT2D eigenvalue weighted by molar-refractivity contribution is -0.114. The molecule has 2 fully saturated rings. The van der Waals surface area contributed by atoms with Crippen molar-refractivity contribution in [1.29, 1.82) is 0 Å². The van der Waals surface area contributed by atoms with Crippen LogP contribution in [0, 0.1) is 0 Å². The first-order chi connectivity index (χ1) is 20.3. The molecule has 6 nitrogen and oxygen atoms in total. The Bertz CT molecular complexity index is 1590. The summed E-state index contributed by atoms with van der Waals surface area (Å²) in [5.41, 5.74) is 6.88. The number of likely N-dealkylation sites (tertiary alicyclic amines) is 1. The van der Waals surface area contributed by atoms with Gasteiger partial charge in [-0.2, -0.15) is 0 Å². The molecular formula is C34H35F2N5O. The summed E-state index contributed by atoms with van der Waals surface area (Å²) in [6.45, 7) is 6.51. The first-order valence-corrected chi connectivity index (χ1v) is 14.7. The van der Waals surface area contributed by atoms with Crippen molar-refractivity contribution >= 4 is 28.7 Å². The predicted molar refractivity (Wildman–Crippen MR) is 162 cm³/mol. The van der Waals surface area contributed by atoms with Crippen LogP contribution < -0.4 is 4.90 Å². The van der Waals surface area contributed by atoms with Crippen molar-refractivity contribution in [1.82, 2.24) is 14.9 Å². The van der Waals surface area contributed by atoms with E-state index < -0.39 is 11.8 Å². The number of carbonyl (C=O) groups is 1. The summed E-state index contributed by atoms with van der Waals surface area (Å²) in [5.74, 6) is 0.824. The maximum Gasteiger partial charge on any atom is 0.261 e. The summed E-state index contributed by atoms with van der Waals surface area (Å²) in [6.07, 6.45) is 10.7. The fourth-order valence-corrected chi connectivity index (χ4v) is 6.05. The van der Waals surface area contributed by atoms with Crippen molar-refractivity contribution in [3.63, 3.8) is 0 Å². The van der Waals surface area contributed by atoms with E-state index in [1.807, 2.05) is 49.5 Å². The zero-order chi connectivity index (χ0) is 29.3. The summed E-state index contributed by atoms with van der Waals surface area (Å²) in [4.78, 5) is 31.2. The number of benzene rings is 1. The largest absolute Gasteiger partial charge is 0.356 e. The molecule has 0 spiro atoms. The van der Waals surface area contributed by atoms with Gasteiger partial charge >= 0.3 is 0 Å². The van der Waals surface area contributed by atoms with Crippen molar-refractivity contribution in [2.24, 2.45) is 4.99 Å². The summed E-state index contributed by atoms with van der Waals surface area (Å²) < 4.78 is 27.3. The number of ketones is 1. The van der Waals surface area contributed by atoms with E-state index in [2.05, 4.69) is 33.7 Å². The normalized spacial score (nSPS) is 20.0. The Morgan fingerprint density at radius 2 is 1.95 bits per heavy atom. The Balaban J connectivity index is 1.16. The summed E-state index contributed by atoms with van der Waals surface area (Å²) in [5, 5.41) is 0. The monoisotopic (exact) mass is 567 g/mol. The molecule has 216 valence electrons. The molecule has 2 saturated heterocycles. The number of anilines is 1. The summed E-state index contributed by atoms with van der Waals surface area (Å²) in [6, 6.07) is 11.8. The highest BCUT2D eigenvalue weighted by Gasteiger charge is 2.38. The predicted octanol–water partition coefficient (Wildman–Crippen LogP) is 6.99. The van der Waals surface area contributed by atoms with Gasteiger partial charge in [0.05, 0.1) is 17.8 Å². The second-order valence-corrected chi connectivity index (χ2v) is 11.6. The lowest BCUT2D eigenvalue weighted by atomic mass is 9.89. The molecule has 0 bridgehead atoms. The standard InChI is InChI=1S/C34H35F2N5O/c1-3-24-5-4-12-41(13-10-24)32-9-7-27(19-39-32)23(2)33(42)30-20-38-31-8-6-26(16-29(30)31)28-15-25(17-37-18-28)21-40-14-11-34(35,36)22-40/h3,6-9,15-19,23H,4-5,10-14,21-22H2,1-2H3/b24-3-/t23-/m1/s1. The van der Waals surface area contributed by atoms with E-state index in [1.54, 1.807) is 17.3 Å². The van der Waals surface area contributed by atoms with E-state index in [9.17, 15) is 13.6 Å². The molecule has 1 aromatic carbocycles. The Morgan fingerprint density at radius 3 is 2.71 bits per heavy atom. The van der Waals surface area contributed by atoms with Gasteiger partial charge in [-0.15, -0.1) is 0 Å². The van der Waals surface area contributed by atoms with Crippen LogP contribution in [-0.2, 0) is 11.3 Å². The number of alkyl halides is 2. The number of rotatable bonds is 7. The lowest BCUT2D eigenvalue weighted by Gasteiger charge is -2.22. The number of carbonyl (C=O) groups excluding carboxylic acids is 1. The van der Waals surface area contributed by atoms with Crippen LogP contribution in [0.15, 0.2) is 71.6 Å². The van der Waals surface area contributed by atoms with Crippen molar-refractivity contribution in [2.45, 2.75) is 57.9 Å². The second kappa shape index (κ2) is 11.7. The summed E-state index contributed by atoms with van der Waals surface area (Å²) >= 11 is 0. The van der Waals surface area contributed by atoms with Crippen molar-refractivity contribution in [2.75, 3.05) is 31.1 Å². The van der Waals surface area contributed by atoms with Crippen LogP contribution in [0.2, 0.25) is 0 Å². The van der Waals surface area contributed by atoms with Crippen LogP contribution in [0.25, 0.3) is 16.7 Å². The van der Waals surface area contributed by atoms with Gasteiger partial charge in [-0.3, -0.25) is 14.7 Å². The van der Waals surface area contributed by atoms with Crippen molar-refractivity contribution in [3.05, 3.63) is 83.3 Å². The number of pyridine rings is 2. The molecule has 0 saturated carbocycles. The molecule has 3 aliphatic heterocycles. The molecule has 6 rings (SSSR count). The second-order valence-electron chi connectivity index (χ2n) is 11.6. The summed E-state index contributed by atoms with van der Waals surface area (Å²) in [7, 11) is 0. The zero-order valence-corrected chi connectivity index (χ0v) is 24.1. The molecule has 2 aromatic heterocycles. The van der Waals surface area contributed by atoms with Crippen molar-refractivity contribution in [3.8, 4) is 11.1 Å². The Morgan fingerprint density at radius 1 is 1.07 bits per heavy atom. The molecule has 1 atom stereocenters. The number of hydrogen-bond donors (Lipinski definition) is 0. The molecule has 3 aromatic rings. The van der Waals surface area contributed by atoms with Crippen LogP contribution in [0.4, 0.5) is 20.3 Å².